The summed E-state index contributed by atoms with van der Waals surface area (Å²) in [5.74, 6) is 1.23. The van der Waals surface area contributed by atoms with Crippen LogP contribution in [0.1, 0.15) is 30.4 Å². The van der Waals surface area contributed by atoms with Crippen LogP contribution in [0, 0.1) is 0 Å². The van der Waals surface area contributed by atoms with Crippen LogP contribution in [0.5, 0.6) is 11.5 Å². The van der Waals surface area contributed by atoms with Gasteiger partial charge in [-0.1, -0.05) is 67.1 Å². The van der Waals surface area contributed by atoms with Crippen molar-refractivity contribution in [2.45, 2.75) is 25.7 Å². The first kappa shape index (κ1) is 21.5. The first-order valence-corrected chi connectivity index (χ1v) is 12.0. The lowest BCUT2D eigenvalue weighted by Crippen LogP contribution is -2.33. The Bertz CT molecular complexity index is 1190. The summed E-state index contributed by atoms with van der Waals surface area (Å²) < 4.78 is 6.02. The minimum atomic E-state index is 0.289. The fourth-order valence-corrected chi connectivity index (χ4v) is 4.82. The van der Waals surface area contributed by atoms with Crippen molar-refractivity contribution in [3.8, 4) is 22.6 Å². The maximum atomic E-state index is 9.73. The lowest BCUT2D eigenvalue weighted by molar-refractivity contribution is 0.183. The van der Waals surface area contributed by atoms with E-state index in [2.05, 4.69) is 65.6 Å². The number of fused-ring (bicyclic) bond motifs is 1. The highest BCUT2D eigenvalue weighted by Gasteiger charge is 2.12. The SMILES string of the molecule is Oc1ccc(-c2ccc3ccccc3c2Cc2ccc(OCCN3CCCCC3)cc2)cc1. The fraction of sp³-hybridized carbons (Fsp3) is 0.267. The van der Waals surface area contributed by atoms with E-state index in [9.17, 15) is 5.11 Å². The predicted octanol–water partition coefficient (Wildman–Crippen LogP) is 6.67. The molecule has 1 fully saturated rings. The van der Waals surface area contributed by atoms with Gasteiger partial charge in [0.2, 0.25) is 0 Å². The van der Waals surface area contributed by atoms with Crippen LogP contribution in [0.25, 0.3) is 21.9 Å². The number of aromatic hydroxyl groups is 1. The summed E-state index contributed by atoms with van der Waals surface area (Å²) in [6.07, 6.45) is 4.83. The van der Waals surface area contributed by atoms with Crippen LogP contribution in [-0.4, -0.2) is 36.2 Å². The van der Waals surface area contributed by atoms with Crippen molar-refractivity contribution in [2.75, 3.05) is 26.2 Å². The molecule has 0 amide bonds. The van der Waals surface area contributed by atoms with Gasteiger partial charge in [0.05, 0.1) is 0 Å². The van der Waals surface area contributed by atoms with Gasteiger partial charge in [-0.15, -0.1) is 0 Å². The molecule has 0 saturated carbocycles. The van der Waals surface area contributed by atoms with Gasteiger partial charge in [0.25, 0.3) is 0 Å². The Labute approximate surface area is 196 Å². The van der Waals surface area contributed by atoms with Gasteiger partial charge in [-0.05, 0) is 89.6 Å². The second-order valence-corrected chi connectivity index (χ2v) is 8.93. The van der Waals surface area contributed by atoms with E-state index < -0.39 is 0 Å². The van der Waals surface area contributed by atoms with Crippen LogP contribution in [-0.2, 0) is 6.42 Å². The van der Waals surface area contributed by atoms with Crippen molar-refractivity contribution in [1.29, 1.82) is 0 Å². The molecular formula is C30H31NO2. The number of phenols is 1. The molecule has 0 aromatic heterocycles. The van der Waals surface area contributed by atoms with Crippen LogP contribution in [0.3, 0.4) is 0 Å². The molecule has 1 heterocycles. The van der Waals surface area contributed by atoms with Gasteiger partial charge >= 0.3 is 0 Å². The zero-order valence-corrected chi connectivity index (χ0v) is 19.0. The first-order chi connectivity index (χ1) is 16.3. The van der Waals surface area contributed by atoms with Gasteiger partial charge < -0.3 is 9.84 Å². The Morgan fingerprint density at radius 1 is 0.758 bits per heavy atom. The second-order valence-electron chi connectivity index (χ2n) is 8.93. The molecule has 1 aliphatic rings. The van der Waals surface area contributed by atoms with Crippen molar-refractivity contribution < 1.29 is 9.84 Å². The van der Waals surface area contributed by atoms with E-state index in [1.807, 2.05) is 12.1 Å². The molecule has 3 nitrogen and oxygen atoms in total. The summed E-state index contributed by atoms with van der Waals surface area (Å²) in [4.78, 5) is 2.50. The number of phenolic OH excluding ortho intramolecular Hbond substituents is 1. The normalized spacial score (nSPS) is 14.4. The quantitative estimate of drug-likeness (QED) is 0.351. The third kappa shape index (κ3) is 5.20. The Morgan fingerprint density at radius 3 is 2.30 bits per heavy atom. The zero-order valence-electron chi connectivity index (χ0n) is 19.0. The molecule has 5 rings (SSSR count). The summed E-state index contributed by atoms with van der Waals surface area (Å²) in [6.45, 7) is 4.16. The van der Waals surface area contributed by atoms with Crippen LogP contribution in [0.15, 0.2) is 84.9 Å². The molecule has 0 aliphatic carbocycles. The maximum Gasteiger partial charge on any atom is 0.119 e. The number of hydrogen-bond acceptors (Lipinski definition) is 3. The number of likely N-dealkylation sites (tertiary alicyclic amines) is 1. The van der Waals surface area contributed by atoms with Crippen molar-refractivity contribution in [1.82, 2.24) is 4.90 Å². The van der Waals surface area contributed by atoms with Gasteiger partial charge in [0, 0.05) is 6.54 Å². The van der Waals surface area contributed by atoms with E-state index in [0.29, 0.717) is 0 Å². The third-order valence-electron chi connectivity index (χ3n) is 6.65. The van der Waals surface area contributed by atoms with E-state index in [1.165, 1.54) is 59.8 Å². The number of rotatable bonds is 7. The molecule has 4 aromatic carbocycles. The molecule has 0 bridgehead atoms. The van der Waals surface area contributed by atoms with E-state index in [0.717, 1.165) is 30.9 Å². The lowest BCUT2D eigenvalue weighted by Gasteiger charge is -2.26. The number of benzene rings is 4. The molecular weight excluding hydrogens is 406 g/mol. The standard InChI is InChI=1S/C30H31NO2/c32-26-13-10-25(11-14-26)29-17-12-24-6-2-3-7-28(24)30(29)22-23-8-15-27(16-9-23)33-21-20-31-18-4-1-5-19-31/h2-3,6-17,32H,1,4-5,18-22H2. The highest BCUT2D eigenvalue weighted by Crippen LogP contribution is 2.33. The number of ether oxygens (including phenoxy) is 1. The summed E-state index contributed by atoms with van der Waals surface area (Å²) in [6, 6.07) is 29.0. The third-order valence-corrected chi connectivity index (χ3v) is 6.65. The minimum Gasteiger partial charge on any atom is -0.508 e. The van der Waals surface area contributed by atoms with Gasteiger partial charge in [-0.25, -0.2) is 0 Å². The monoisotopic (exact) mass is 437 g/mol. The molecule has 168 valence electrons. The van der Waals surface area contributed by atoms with Gasteiger partial charge in [-0.2, -0.15) is 0 Å². The smallest absolute Gasteiger partial charge is 0.119 e. The first-order valence-electron chi connectivity index (χ1n) is 12.0. The molecule has 1 N–H and O–H groups in total. The minimum absolute atomic E-state index is 0.289. The van der Waals surface area contributed by atoms with Crippen molar-refractivity contribution in [3.05, 3.63) is 96.1 Å². The van der Waals surface area contributed by atoms with E-state index in [1.54, 1.807) is 12.1 Å². The predicted molar refractivity (Wildman–Crippen MR) is 136 cm³/mol. The summed E-state index contributed by atoms with van der Waals surface area (Å²) in [5, 5.41) is 12.2. The number of hydrogen-bond donors (Lipinski definition) is 1. The van der Waals surface area contributed by atoms with E-state index in [-0.39, 0.29) is 5.75 Å². The summed E-state index contributed by atoms with van der Waals surface area (Å²) in [7, 11) is 0. The van der Waals surface area contributed by atoms with Crippen LogP contribution in [0.4, 0.5) is 0 Å². The Hall–Kier alpha value is -3.30. The highest BCUT2D eigenvalue weighted by molar-refractivity contribution is 5.92. The molecule has 4 aromatic rings. The second kappa shape index (κ2) is 10.1. The summed E-state index contributed by atoms with van der Waals surface area (Å²) in [5.41, 5.74) is 4.88. The Kier molecular flexibility index (Phi) is 6.59. The topological polar surface area (TPSA) is 32.7 Å². The maximum absolute atomic E-state index is 9.73. The largest absolute Gasteiger partial charge is 0.508 e. The number of nitrogens with zero attached hydrogens (tertiary/aromatic N) is 1. The molecule has 0 spiro atoms. The molecule has 1 aliphatic heterocycles. The molecule has 3 heteroatoms. The lowest BCUT2D eigenvalue weighted by atomic mass is 9.90. The average Bonchev–Trinajstić information content (AvgIpc) is 2.87. The van der Waals surface area contributed by atoms with E-state index >= 15 is 0 Å². The van der Waals surface area contributed by atoms with Gasteiger partial charge in [0.15, 0.2) is 0 Å². The van der Waals surface area contributed by atoms with Crippen LogP contribution in [0.2, 0.25) is 0 Å². The molecule has 1 saturated heterocycles. The van der Waals surface area contributed by atoms with Gasteiger partial charge in [0.1, 0.15) is 18.1 Å². The Morgan fingerprint density at radius 2 is 1.52 bits per heavy atom. The Balaban J connectivity index is 1.34. The molecule has 0 atom stereocenters. The van der Waals surface area contributed by atoms with Gasteiger partial charge in [-0.3, -0.25) is 4.90 Å². The zero-order chi connectivity index (χ0) is 22.5. The van der Waals surface area contributed by atoms with Crippen molar-refractivity contribution in [2.24, 2.45) is 0 Å². The average molecular weight is 438 g/mol. The van der Waals surface area contributed by atoms with E-state index in [4.69, 9.17) is 4.74 Å². The summed E-state index contributed by atoms with van der Waals surface area (Å²) >= 11 is 0. The van der Waals surface area contributed by atoms with Crippen molar-refractivity contribution in [3.63, 3.8) is 0 Å². The number of piperidine rings is 1. The molecule has 33 heavy (non-hydrogen) atoms. The van der Waals surface area contributed by atoms with Crippen LogP contribution >= 0.6 is 0 Å². The van der Waals surface area contributed by atoms with Crippen LogP contribution < -0.4 is 4.74 Å². The molecule has 0 radical (unpaired) electrons. The van der Waals surface area contributed by atoms with Crippen molar-refractivity contribution >= 4 is 10.8 Å². The highest BCUT2D eigenvalue weighted by atomic mass is 16.5. The fourth-order valence-electron chi connectivity index (χ4n) is 4.82. The molecule has 0 unspecified atom stereocenters.